The van der Waals surface area contributed by atoms with Crippen molar-refractivity contribution < 1.29 is 37.0 Å². The largest absolute Gasteiger partial charge is 0.447 e. The molecule has 3 heterocycles. The number of benzene rings is 2. The highest BCUT2D eigenvalue weighted by Crippen LogP contribution is 2.32. The van der Waals surface area contributed by atoms with Crippen molar-refractivity contribution in [1.82, 2.24) is 26.2 Å². The molecule has 2 fully saturated rings. The van der Waals surface area contributed by atoms with E-state index in [9.17, 15) is 18.8 Å². The molecule has 5 rings (SSSR count). The summed E-state index contributed by atoms with van der Waals surface area (Å²) in [4.78, 5) is 49.7. The molecular formula is C40H53F3IN7O5. The maximum Gasteiger partial charge on any atom is 0.407 e. The number of hydrogen-bond donors (Lipinski definition) is 4. The van der Waals surface area contributed by atoms with E-state index >= 15 is 8.78 Å². The summed E-state index contributed by atoms with van der Waals surface area (Å²) in [6, 6.07) is 10.4. The first-order valence-electron chi connectivity index (χ1n) is 19.5. The van der Waals surface area contributed by atoms with Crippen LogP contribution >= 0.6 is 22.6 Å². The van der Waals surface area contributed by atoms with Gasteiger partial charge in [0.15, 0.2) is 5.84 Å². The molecule has 5 atom stereocenters. The molecule has 0 spiro atoms. The maximum absolute atomic E-state index is 15.3. The molecule has 306 valence electrons. The molecular weight excluding hydrogens is 842 g/mol. The molecule has 2 saturated heterocycles. The Balaban J connectivity index is 1.32. The van der Waals surface area contributed by atoms with Crippen molar-refractivity contribution in [1.29, 1.82) is 0 Å². The summed E-state index contributed by atoms with van der Waals surface area (Å²) in [6.45, 7) is 4.17. The topological polar surface area (TPSA) is 146 Å². The first-order chi connectivity index (χ1) is 27.1. The quantitative estimate of drug-likeness (QED) is 0.0849. The Kier molecular flexibility index (Phi) is 17.2. The lowest BCUT2D eigenvalue weighted by atomic mass is 9.83. The number of nitrogens with one attached hydrogen (secondary N) is 4. The minimum Gasteiger partial charge on any atom is -0.447 e. The molecule has 2 aromatic rings. The molecule has 16 heteroatoms. The number of rotatable bonds is 19. The van der Waals surface area contributed by atoms with E-state index in [0.29, 0.717) is 62.2 Å². The highest BCUT2D eigenvalue weighted by Gasteiger charge is 2.43. The lowest BCUT2D eigenvalue weighted by Gasteiger charge is -2.41. The summed E-state index contributed by atoms with van der Waals surface area (Å²) in [7, 11) is 0. The van der Waals surface area contributed by atoms with Crippen LogP contribution in [0.15, 0.2) is 58.5 Å². The first kappa shape index (κ1) is 43.4. The van der Waals surface area contributed by atoms with Crippen LogP contribution in [0.2, 0.25) is 0 Å². The summed E-state index contributed by atoms with van der Waals surface area (Å²) in [5.74, 6) is -1.91. The van der Waals surface area contributed by atoms with Gasteiger partial charge in [-0.2, -0.15) is 0 Å². The van der Waals surface area contributed by atoms with Crippen LogP contribution in [0.3, 0.4) is 0 Å². The third-order valence-corrected chi connectivity index (χ3v) is 10.9. The molecule has 4 amide bonds. The highest BCUT2D eigenvalue weighted by atomic mass is 127. The van der Waals surface area contributed by atoms with Crippen LogP contribution in [0.25, 0.3) is 0 Å². The molecule has 0 radical (unpaired) electrons. The number of ether oxygens (including phenoxy) is 2. The van der Waals surface area contributed by atoms with E-state index < -0.39 is 54.0 Å². The number of nitrogens with zero attached hydrogens (tertiary/aromatic N) is 3. The molecule has 12 nitrogen and oxygen atoms in total. The van der Waals surface area contributed by atoms with Gasteiger partial charge in [0.25, 0.3) is 0 Å². The summed E-state index contributed by atoms with van der Waals surface area (Å²) < 4.78 is 56.5. The second-order valence-electron chi connectivity index (χ2n) is 14.6. The third kappa shape index (κ3) is 12.9. The smallest absolute Gasteiger partial charge is 0.407 e. The van der Waals surface area contributed by atoms with Crippen LogP contribution in [-0.2, 0) is 20.7 Å². The molecule has 2 aromatic carbocycles. The second-order valence-corrected chi connectivity index (χ2v) is 15.3. The van der Waals surface area contributed by atoms with Crippen molar-refractivity contribution in [3.8, 4) is 0 Å². The summed E-state index contributed by atoms with van der Waals surface area (Å²) in [6.07, 6.45) is 3.19. The van der Waals surface area contributed by atoms with Gasteiger partial charge in [-0.3, -0.25) is 9.79 Å². The number of halogens is 4. The normalized spacial score (nSPS) is 20.8. The molecule has 3 aliphatic heterocycles. The predicted octanol–water partition coefficient (Wildman–Crippen LogP) is 5.37. The van der Waals surface area contributed by atoms with Crippen molar-refractivity contribution in [3.63, 3.8) is 0 Å². The van der Waals surface area contributed by atoms with Gasteiger partial charge < -0.3 is 35.6 Å². The molecule has 0 aliphatic carbocycles. The Morgan fingerprint density at radius 2 is 1.75 bits per heavy atom. The molecule has 0 aromatic heterocycles. The monoisotopic (exact) mass is 895 g/mol. The zero-order valence-corrected chi connectivity index (χ0v) is 33.9. The number of alkyl halides is 2. The van der Waals surface area contributed by atoms with Crippen molar-refractivity contribution in [2.45, 2.75) is 76.2 Å². The Bertz CT molecular complexity index is 1670. The lowest BCUT2D eigenvalue weighted by Crippen LogP contribution is -2.58. The Morgan fingerprint density at radius 3 is 2.45 bits per heavy atom. The van der Waals surface area contributed by atoms with E-state index in [1.54, 1.807) is 11.8 Å². The average molecular weight is 896 g/mol. The van der Waals surface area contributed by atoms with E-state index in [-0.39, 0.29) is 42.9 Å². The number of alkyl carbamates (subject to hydrolysis) is 1. The van der Waals surface area contributed by atoms with Crippen LogP contribution in [-0.4, -0.2) is 116 Å². The molecule has 56 heavy (non-hydrogen) atoms. The number of unbranched alkanes of at least 4 members (excludes halogenated alkanes) is 3. The zero-order chi connectivity index (χ0) is 39.9. The molecule has 4 N–H and O–H groups in total. The van der Waals surface area contributed by atoms with E-state index in [4.69, 9.17) is 19.5 Å². The summed E-state index contributed by atoms with van der Waals surface area (Å²) >= 11 is 2.02. The number of amides is 4. The number of urea groups is 1. The van der Waals surface area contributed by atoms with E-state index in [0.717, 1.165) is 49.4 Å². The number of carbonyl (C=O) groups is 3. The van der Waals surface area contributed by atoms with Gasteiger partial charge >= 0.3 is 12.1 Å². The Morgan fingerprint density at radius 1 is 1.02 bits per heavy atom. The molecule has 0 bridgehead atoms. The molecule has 1 unspecified atom stereocenters. The minimum absolute atomic E-state index is 0.0196. The van der Waals surface area contributed by atoms with Gasteiger partial charge in [-0.05, 0) is 62.3 Å². The zero-order valence-electron chi connectivity index (χ0n) is 31.8. The van der Waals surface area contributed by atoms with Crippen molar-refractivity contribution in [2.24, 2.45) is 21.8 Å². The Labute approximate surface area is 340 Å². The summed E-state index contributed by atoms with van der Waals surface area (Å²) in [5, 5.41) is 11.6. The van der Waals surface area contributed by atoms with E-state index in [1.807, 2.05) is 52.9 Å². The third-order valence-electron chi connectivity index (χ3n) is 10.2. The standard InChI is InChI=1S/C40H53F3IN7O5/c1-26(25-56-40(54)47-16-8-3-2-7-15-46-35(52)21-44)48-39(53)51(24-29-22-45-23-33(29)43)37(28-13-17-55-18-14-28)36-34(19-27-9-5-4-6-10-27)49-38(50-36)31-20-30(41)11-12-32(31)42/h4-6,9-12,20,26,28-29,33-34,37,45H,2-3,7-8,13-19,21-25H2,1H3,(H,46,52)(H,47,54)(H,48,53)/t26-,29-,33-,34?,37+/m0/s1. The highest BCUT2D eigenvalue weighted by molar-refractivity contribution is 14.1. The lowest BCUT2D eigenvalue weighted by molar-refractivity contribution is -0.118. The van der Waals surface area contributed by atoms with Gasteiger partial charge in [0.2, 0.25) is 5.91 Å². The van der Waals surface area contributed by atoms with Crippen molar-refractivity contribution in [3.05, 3.63) is 71.3 Å². The van der Waals surface area contributed by atoms with Crippen molar-refractivity contribution in [2.75, 3.05) is 57.0 Å². The van der Waals surface area contributed by atoms with Gasteiger partial charge in [-0.1, -0.05) is 65.8 Å². The van der Waals surface area contributed by atoms with Gasteiger partial charge in [-0.15, -0.1) is 0 Å². The summed E-state index contributed by atoms with van der Waals surface area (Å²) in [5.41, 5.74) is 1.39. The number of amidine groups is 1. The fraction of sp³-hybridized carbons (Fsp3) is 0.575. The van der Waals surface area contributed by atoms with Gasteiger partial charge in [-0.25, -0.2) is 27.8 Å². The molecule has 0 saturated carbocycles. The van der Waals surface area contributed by atoms with Gasteiger partial charge in [0.1, 0.15) is 24.4 Å². The van der Waals surface area contributed by atoms with E-state index in [1.165, 1.54) is 0 Å². The Hall–Kier alpha value is -3.77. The van der Waals surface area contributed by atoms with Crippen LogP contribution < -0.4 is 21.3 Å². The van der Waals surface area contributed by atoms with Gasteiger partial charge in [0, 0.05) is 58.3 Å². The fourth-order valence-corrected chi connectivity index (χ4v) is 7.56. The van der Waals surface area contributed by atoms with Crippen LogP contribution in [0.1, 0.15) is 56.6 Å². The van der Waals surface area contributed by atoms with Crippen molar-refractivity contribution >= 4 is 52.2 Å². The maximum atomic E-state index is 15.3. The first-order valence-corrected chi connectivity index (χ1v) is 21.0. The number of hydrogen-bond acceptors (Lipinski definition) is 8. The fourth-order valence-electron chi connectivity index (χ4n) is 7.29. The number of aliphatic imine (C=N–C) groups is 2. The second kappa shape index (κ2) is 22.2. The van der Waals surface area contributed by atoms with Crippen LogP contribution in [0.5, 0.6) is 0 Å². The van der Waals surface area contributed by atoms with Crippen LogP contribution in [0, 0.1) is 23.5 Å². The average Bonchev–Trinajstić information content (AvgIpc) is 3.81. The molecule has 3 aliphatic rings. The van der Waals surface area contributed by atoms with Gasteiger partial charge in [0.05, 0.1) is 33.8 Å². The van der Waals surface area contributed by atoms with Crippen LogP contribution in [0.4, 0.5) is 22.8 Å². The SMILES string of the molecule is C[C@@H](COC(=O)NCCCCCCNC(=O)CI)NC(=O)N(C[C@@H]1CNC[C@@H]1F)[C@@H](C1=NC(c2cc(F)ccc2F)=NC1Cc1ccccc1)C1CCOCC1. The minimum atomic E-state index is -1.19. The predicted molar refractivity (Wildman–Crippen MR) is 217 cm³/mol. The van der Waals surface area contributed by atoms with E-state index in [2.05, 4.69) is 21.3 Å². The number of carbonyl (C=O) groups excluding carboxylic acids is 3.